The minimum absolute atomic E-state index is 0.137. The molecule has 0 fully saturated rings. The van der Waals surface area contributed by atoms with Crippen molar-refractivity contribution in [2.24, 2.45) is 0 Å². The lowest BCUT2D eigenvalue weighted by molar-refractivity contribution is -0.127. The highest BCUT2D eigenvalue weighted by atomic mass is 19.1. The average Bonchev–Trinajstić information content (AvgIpc) is 2.99. The van der Waals surface area contributed by atoms with Crippen LogP contribution in [-0.4, -0.2) is 23.1 Å². The van der Waals surface area contributed by atoms with E-state index in [2.05, 4.69) is 5.32 Å². The molecule has 0 unspecified atom stereocenters. The molecule has 1 amide bonds. The number of nitrogens with one attached hydrogen (secondary N) is 1. The number of benzene rings is 2. The van der Waals surface area contributed by atoms with Crippen molar-refractivity contribution in [2.75, 3.05) is 0 Å². The fourth-order valence-electron chi connectivity index (χ4n) is 2.44. The van der Waals surface area contributed by atoms with Gasteiger partial charge in [0.2, 0.25) is 0 Å². The molecule has 1 aliphatic heterocycles. The summed E-state index contributed by atoms with van der Waals surface area (Å²) in [7, 11) is 0. The number of rotatable bonds is 4. The van der Waals surface area contributed by atoms with Crippen LogP contribution in [-0.2, 0) is 17.8 Å². The molecule has 3 rings (SSSR count). The Morgan fingerprint density at radius 1 is 1.22 bits per heavy atom. The molecule has 23 heavy (non-hydrogen) atoms. The highest BCUT2D eigenvalue weighted by Gasteiger charge is 2.30. The number of hydrogen-bond acceptors (Lipinski definition) is 3. The zero-order chi connectivity index (χ0) is 16.4. The van der Waals surface area contributed by atoms with Gasteiger partial charge in [0.15, 0.2) is 17.7 Å². The molecule has 1 heterocycles. The first kappa shape index (κ1) is 15.0. The molecule has 1 aliphatic rings. The number of carboxylic acids is 1. The molecule has 0 bridgehead atoms. The van der Waals surface area contributed by atoms with E-state index in [1.165, 1.54) is 18.2 Å². The topological polar surface area (TPSA) is 75.6 Å². The van der Waals surface area contributed by atoms with Gasteiger partial charge < -0.3 is 15.2 Å². The minimum Gasteiger partial charge on any atom is -0.478 e. The van der Waals surface area contributed by atoms with Crippen LogP contribution in [0, 0.1) is 5.82 Å². The van der Waals surface area contributed by atoms with Crippen molar-refractivity contribution in [3.63, 3.8) is 0 Å². The normalized spacial score (nSPS) is 15.6. The molecular formula is C17H14FNO4. The Bertz CT molecular complexity index is 758. The molecule has 6 heteroatoms. The van der Waals surface area contributed by atoms with E-state index in [-0.39, 0.29) is 23.8 Å². The number of fused-ring (bicyclic) bond motifs is 1. The Labute approximate surface area is 131 Å². The van der Waals surface area contributed by atoms with E-state index in [0.29, 0.717) is 12.0 Å². The van der Waals surface area contributed by atoms with Gasteiger partial charge in [-0.25, -0.2) is 9.18 Å². The molecule has 118 valence electrons. The van der Waals surface area contributed by atoms with Crippen molar-refractivity contribution in [2.45, 2.75) is 19.1 Å². The number of carboxylic acid groups (broad SMARTS) is 1. The fourth-order valence-corrected chi connectivity index (χ4v) is 2.44. The molecule has 2 N–H and O–H groups in total. The Morgan fingerprint density at radius 2 is 1.96 bits per heavy atom. The highest BCUT2D eigenvalue weighted by Crippen LogP contribution is 2.31. The Morgan fingerprint density at radius 3 is 2.61 bits per heavy atom. The predicted molar refractivity (Wildman–Crippen MR) is 79.8 cm³/mol. The molecule has 0 radical (unpaired) electrons. The molecule has 0 aliphatic carbocycles. The number of carbonyl (C=O) groups is 2. The van der Waals surface area contributed by atoms with E-state index in [9.17, 15) is 14.0 Å². The third-order valence-electron chi connectivity index (χ3n) is 3.67. The largest absolute Gasteiger partial charge is 0.478 e. The third-order valence-corrected chi connectivity index (χ3v) is 3.67. The Hall–Kier alpha value is -2.89. The van der Waals surface area contributed by atoms with Crippen molar-refractivity contribution < 1.29 is 23.8 Å². The van der Waals surface area contributed by atoms with Crippen LogP contribution in [0.25, 0.3) is 0 Å². The summed E-state index contributed by atoms with van der Waals surface area (Å²) < 4.78 is 19.0. The minimum atomic E-state index is -1.00. The first-order valence-electron chi connectivity index (χ1n) is 7.08. The molecule has 0 saturated heterocycles. The van der Waals surface area contributed by atoms with E-state index in [4.69, 9.17) is 9.84 Å². The predicted octanol–water partition coefficient (Wildman–Crippen LogP) is 2.14. The maximum Gasteiger partial charge on any atom is 0.335 e. The number of amides is 1. The lowest BCUT2D eigenvalue weighted by atomic mass is 10.1. The highest BCUT2D eigenvalue weighted by molar-refractivity contribution is 5.87. The lowest BCUT2D eigenvalue weighted by Crippen LogP contribution is -2.37. The Balaban J connectivity index is 1.58. The van der Waals surface area contributed by atoms with Crippen molar-refractivity contribution in [1.82, 2.24) is 5.32 Å². The average molecular weight is 315 g/mol. The number of halogens is 1. The van der Waals surface area contributed by atoms with E-state index < -0.39 is 17.9 Å². The van der Waals surface area contributed by atoms with Crippen molar-refractivity contribution >= 4 is 11.9 Å². The van der Waals surface area contributed by atoms with Crippen LogP contribution in [0.1, 0.15) is 21.5 Å². The molecule has 2 aromatic rings. The van der Waals surface area contributed by atoms with Gasteiger partial charge >= 0.3 is 5.97 Å². The van der Waals surface area contributed by atoms with Crippen LogP contribution < -0.4 is 10.1 Å². The maximum atomic E-state index is 13.6. The molecule has 1 atom stereocenters. The number of carbonyl (C=O) groups excluding carboxylic acids is 1. The smallest absolute Gasteiger partial charge is 0.335 e. The van der Waals surface area contributed by atoms with Crippen LogP contribution >= 0.6 is 0 Å². The van der Waals surface area contributed by atoms with Gasteiger partial charge in [0, 0.05) is 18.5 Å². The van der Waals surface area contributed by atoms with E-state index in [0.717, 1.165) is 5.56 Å². The van der Waals surface area contributed by atoms with Crippen LogP contribution in [0.4, 0.5) is 4.39 Å². The van der Waals surface area contributed by atoms with E-state index in [1.54, 1.807) is 24.3 Å². The fraction of sp³-hybridized carbons (Fsp3) is 0.176. The monoisotopic (exact) mass is 315 g/mol. The van der Waals surface area contributed by atoms with Crippen LogP contribution in [0.2, 0.25) is 0 Å². The van der Waals surface area contributed by atoms with Gasteiger partial charge in [0.1, 0.15) is 0 Å². The maximum absolute atomic E-state index is 13.6. The first-order chi connectivity index (χ1) is 11.0. The van der Waals surface area contributed by atoms with Crippen molar-refractivity contribution in [3.8, 4) is 5.75 Å². The molecule has 5 nitrogen and oxygen atoms in total. The molecular weight excluding hydrogens is 301 g/mol. The van der Waals surface area contributed by atoms with Gasteiger partial charge in [-0.15, -0.1) is 0 Å². The summed E-state index contributed by atoms with van der Waals surface area (Å²) in [5.41, 5.74) is 1.63. The first-order valence-corrected chi connectivity index (χ1v) is 7.08. The van der Waals surface area contributed by atoms with Gasteiger partial charge in [-0.3, -0.25) is 4.79 Å². The summed E-state index contributed by atoms with van der Waals surface area (Å²) in [4.78, 5) is 22.9. The third kappa shape index (κ3) is 3.15. The summed E-state index contributed by atoms with van der Waals surface area (Å²) in [6.45, 7) is 0.247. The molecule has 0 saturated carbocycles. The van der Waals surface area contributed by atoms with Gasteiger partial charge in [0.25, 0.3) is 5.91 Å². The van der Waals surface area contributed by atoms with E-state index >= 15 is 0 Å². The van der Waals surface area contributed by atoms with Crippen LogP contribution in [0.15, 0.2) is 42.5 Å². The second-order valence-corrected chi connectivity index (χ2v) is 5.26. The number of aromatic carboxylic acids is 1. The number of ether oxygens (including phenoxy) is 1. The molecule has 0 aromatic heterocycles. The van der Waals surface area contributed by atoms with Crippen LogP contribution in [0.3, 0.4) is 0 Å². The Kier molecular flexibility index (Phi) is 3.97. The van der Waals surface area contributed by atoms with Gasteiger partial charge in [-0.2, -0.15) is 0 Å². The second kappa shape index (κ2) is 6.08. The summed E-state index contributed by atoms with van der Waals surface area (Å²) >= 11 is 0. The number of para-hydroxylation sites is 1. The quantitative estimate of drug-likeness (QED) is 0.906. The second-order valence-electron chi connectivity index (χ2n) is 5.26. The van der Waals surface area contributed by atoms with Gasteiger partial charge in [0.05, 0.1) is 5.56 Å². The van der Waals surface area contributed by atoms with Crippen molar-refractivity contribution in [1.29, 1.82) is 0 Å². The molecule has 2 aromatic carbocycles. The zero-order valence-corrected chi connectivity index (χ0v) is 12.1. The summed E-state index contributed by atoms with van der Waals surface area (Å²) in [6, 6.07) is 10.8. The zero-order valence-electron chi connectivity index (χ0n) is 12.1. The molecule has 0 spiro atoms. The van der Waals surface area contributed by atoms with Gasteiger partial charge in [-0.1, -0.05) is 24.3 Å². The summed E-state index contributed by atoms with van der Waals surface area (Å²) in [5, 5.41) is 11.5. The summed E-state index contributed by atoms with van der Waals surface area (Å²) in [5.74, 6) is -1.66. The number of hydrogen-bond donors (Lipinski definition) is 2. The van der Waals surface area contributed by atoms with E-state index in [1.807, 2.05) is 0 Å². The van der Waals surface area contributed by atoms with Gasteiger partial charge in [-0.05, 0) is 23.8 Å². The van der Waals surface area contributed by atoms with Crippen molar-refractivity contribution in [3.05, 3.63) is 65.0 Å². The van der Waals surface area contributed by atoms with Crippen LogP contribution in [0.5, 0.6) is 5.75 Å². The lowest BCUT2D eigenvalue weighted by Gasteiger charge is -2.11. The standard InChI is InChI=1S/C17H14FNO4/c18-13-3-1-2-12-8-14(23-15(12)13)16(20)19-9-10-4-6-11(7-5-10)17(21)22/h1-7,14H,8-9H2,(H,19,20)(H,21,22)/t14-/m0/s1. The SMILES string of the molecule is O=C(O)c1ccc(CNC(=O)[C@@H]2Cc3cccc(F)c3O2)cc1. The summed E-state index contributed by atoms with van der Waals surface area (Å²) in [6.07, 6.45) is -0.420.